The highest BCUT2D eigenvalue weighted by atomic mass is 79.9. The summed E-state index contributed by atoms with van der Waals surface area (Å²) >= 11 is 8.45. The summed E-state index contributed by atoms with van der Waals surface area (Å²) in [6, 6.07) is 10.8. The van der Waals surface area contributed by atoms with Crippen LogP contribution in [0.4, 0.5) is 11.4 Å². The number of ether oxygens (including phenoxy) is 1. The van der Waals surface area contributed by atoms with Gasteiger partial charge in [0, 0.05) is 10.5 Å². The van der Waals surface area contributed by atoms with Gasteiger partial charge in [-0.1, -0.05) is 22.0 Å². The van der Waals surface area contributed by atoms with E-state index in [4.69, 9.17) is 17.0 Å². The molecule has 0 spiro atoms. The third kappa shape index (κ3) is 3.78. The lowest BCUT2D eigenvalue weighted by Gasteiger charge is -2.29. The lowest BCUT2D eigenvalue weighted by atomic mass is 10.1. The number of hydrogen-bond acceptors (Lipinski definition) is 6. The summed E-state index contributed by atoms with van der Waals surface area (Å²) in [5.74, 6) is -1.08. The zero-order chi connectivity index (χ0) is 20.4. The minimum absolute atomic E-state index is 0.0601. The fraction of sp³-hybridized carbons (Fsp3) is 0.0556. The molecule has 1 fully saturated rings. The van der Waals surface area contributed by atoms with Crippen LogP contribution in [0.3, 0.4) is 0 Å². The van der Waals surface area contributed by atoms with Gasteiger partial charge in [0.05, 0.1) is 23.3 Å². The van der Waals surface area contributed by atoms with E-state index >= 15 is 0 Å². The van der Waals surface area contributed by atoms with Crippen molar-refractivity contribution >= 4 is 62.5 Å². The van der Waals surface area contributed by atoms with Gasteiger partial charge in [-0.2, -0.15) is 0 Å². The van der Waals surface area contributed by atoms with E-state index in [-0.39, 0.29) is 21.9 Å². The first-order valence-corrected chi connectivity index (χ1v) is 9.01. The summed E-state index contributed by atoms with van der Waals surface area (Å²) in [6.07, 6.45) is 1.16. The number of nitro groups is 1. The maximum absolute atomic E-state index is 13.0. The van der Waals surface area contributed by atoms with Crippen molar-refractivity contribution in [2.24, 2.45) is 0 Å². The number of nitrogens with zero attached hydrogens (tertiary/aromatic N) is 2. The molecule has 2 amide bonds. The van der Waals surface area contributed by atoms with Crippen LogP contribution < -0.4 is 15.0 Å². The van der Waals surface area contributed by atoms with E-state index in [0.717, 1.165) is 11.0 Å². The quantitative estimate of drug-likeness (QED) is 0.246. The number of methoxy groups -OCH3 is 1. The molecule has 10 heteroatoms. The Morgan fingerprint density at radius 2 is 2.00 bits per heavy atom. The van der Waals surface area contributed by atoms with Crippen molar-refractivity contribution in [1.82, 2.24) is 5.32 Å². The summed E-state index contributed by atoms with van der Waals surface area (Å²) in [6.45, 7) is 0. The summed E-state index contributed by atoms with van der Waals surface area (Å²) < 4.78 is 5.79. The monoisotopic (exact) mass is 461 g/mol. The second-order valence-electron chi connectivity index (χ2n) is 5.62. The smallest absolute Gasteiger partial charge is 0.276 e. The molecule has 0 unspecified atom stereocenters. The van der Waals surface area contributed by atoms with Crippen molar-refractivity contribution in [3.8, 4) is 5.75 Å². The standard InChI is InChI=1S/C18H12BrN3O5S/c1-27-13-5-6-15(22(25)26)10(7-13)8-14-16(23)20-18(28)21(17(14)24)12-4-2-3-11(19)9-12/h2-9H,1H3,(H,20,23,28)/b14-8-. The van der Waals surface area contributed by atoms with Gasteiger partial charge >= 0.3 is 0 Å². The Kier molecular flexibility index (Phi) is 5.52. The Bertz CT molecular complexity index is 1050. The van der Waals surface area contributed by atoms with Crippen molar-refractivity contribution in [1.29, 1.82) is 0 Å². The molecule has 28 heavy (non-hydrogen) atoms. The maximum atomic E-state index is 13.0. The zero-order valence-electron chi connectivity index (χ0n) is 14.3. The molecule has 1 heterocycles. The Labute approximate surface area is 173 Å². The average Bonchev–Trinajstić information content (AvgIpc) is 2.64. The summed E-state index contributed by atoms with van der Waals surface area (Å²) in [7, 11) is 1.41. The molecule has 0 atom stereocenters. The van der Waals surface area contributed by atoms with E-state index in [1.165, 1.54) is 25.3 Å². The number of thiocarbonyl (C=S) groups is 1. The molecule has 1 aliphatic rings. The molecule has 0 aromatic heterocycles. The average molecular weight is 462 g/mol. The minimum Gasteiger partial charge on any atom is -0.497 e. The van der Waals surface area contributed by atoms with E-state index in [0.29, 0.717) is 15.9 Å². The maximum Gasteiger partial charge on any atom is 0.276 e. The molecule has 2 aromatic carbocycles. The van der Waals surface area contributed by atoms with Crippen molar-refractivity contribution in [2.75, 3.05) is 12.0 Å². The lowest BCUT2D eigenvalue weighted by molar-refractivity contribution is -0.385. The highest BCUT2D eigenvalue weighted by molar-refractivity contribution is 9.10. The van der Waals surface area contributed by atoms with Gasteiger partial charge in [-0.05, 0) is 48.6 Å². The second kappa shape index (κ2) is 7.87. The molecular weight excluding hydrogens is 450 g/mol. The van der Waals surface area contributed by atoms with Crippen molar-refractivity contribution < 1.29 is 19.2 Å². The van der Waals surface area contributed by atoms with Crippen LogP contribution in [-0.4, -0.2) is 29.0 Å². The van der Waals surface area contributed by atoms with E-state index in [1.54, 1.807) is 24.3 Å². The molecule has 0 radical (unpaired) electrons. The van der Waals surface area contributed by atoms with E-state index in [1.807, 2.05) is 0 Å². The first-order chi connectivity index (χ1) is 13.3. The third-order valence-corrected chi connectivity index (χ3v) is 4.68. The number of nitrogens with one attached hydrogen (secondary N) is 1. The number of amides is 2. The van der Waals surface area contributed by atoms with Crippen LogP contribution in [0, 0.1) is 10.1 Å². The fourth-order valence-corrected chi connectivity index (χ4v) is 3.27. The van der Waals surface area contributed by atoms with Gasteiger partial charge < -0.3 is 4.74 Å². The SMILES string of the molecule is COc1ccc([N+](=O)[O-])c(/C=C2/C(=O)NC(=S)N(c3cccc(Br)c3)C2=O)c1. The largest absolute Gasteiger partial charge is 0.497 e. The second-order valence-corrected chi connectivity index (χ2v) is 6.92. The number of halogens is 1. The van der Waals surface area contributed by atoms with Crippen molar-refractivity contribution in [3.05, 3.63) is 68.2 Å². The molecule has 2 aromatic rings. The Morgan fingerprint density at radius 3 is 2.64 bits per heavy atom. The van der Waals surface area contributed by atoms with Gasteiger partial charge in [0.1, 0.15) is 11.3 Å². The van der Waals surface area contributed by atoms with Crippen molar-refractivity contribution in [2.45, 2.75) is 0 Å². The lowest BCUT2D eigenvalue weighted by Crippen LogP contribution is -2.54. The molecule has 1 N–H and O–H groups in total. The highest BCUT2D eigenvalue weighted by Gasteiger charge is 2.35. The van der Waals surface area contributed by atoms with Crippen molar-refractivity contribution in [3.63, 3.8) is 0 Å². The van der Waals surface area contributed by atoms with Crippen LogP contribution in [0.1, 0.15) is 5.56 Å². The molecule has 1 saturated heterocycles. The molecule has 0 aliphatic carbocycles. The number of anilines is 1. The molecule has 8 nitrogen and oxygen atoms in total. The van der Waals surface area contributed by atoms with Gasteiger partial charge in [-0.25, -0.2) is 0 Å². The van der Waals surface area contributed by atoms with Gasteiger partial charge in [-0.15, -0.1) is 0 Å². The molecule has 142 valence electrons. The summed E-state index contributed by atoms with van der Waals surface area (Å²) in [4.78, 5) is 37.2. The highest BCUT2D eigenvalue weighted by Crippen LogP contribution is 2.29. The van der Waals surface area contributed by atoms with Crippen LogP contribution in [0.5, 0.6) is 5.75 Å². The molecule has 0 saturated carbocycles. The topological polar surface area (TPSA) is 102 Å². The number of nitro benzene ring substituents is 1. The predicted octanol–water partition coefficient (Wildman–Crippen LogP) is 3.20. The Balaban J connectivity index is 2.11. The van der Waals surface area contributed by atoms with Crippen LogP contribution >= 0.6 is 28.1 Å². The number of rotatable bonds is 4. The van der Waals surface area contributed by atoms with Gasteiger partial charge in [0.15, 0.2) is 5.11 Å². The zero-order valence-corrected chi connectivity index (χ0v) is 16.7. The summed E-state index contributed by atoms with van der Waals surface area (Å²) in [5, 5.41) is 13.7. The molecule has 3 rings (SSSR count). The Hall–Kier alpha value is -3.11. The summed E-state index contributed by atoms with van der Waals surface area (Å²) in [5.41, 5.74) is -0.0544. The third-order valence-electron chi connectivity index (χ3n) is 3.90. The first kappa shape index (κ1) is 19.6. The first-order valence-electron chi connectivity index (χ1n) is 7.81. The van der Waals surface area contributed by atoms with Crippen LogP contribution in [0.25, 0.3) is 6.08 Å². The molecular formula is C18H12BrN3O5S. The van der Waals surface area contributed by atoms with Gasteiger partial charge in [0.2, 0.25) is 0 Å². The minimum atomic E-state index is -0.738. The molecule has 0 bridgehead atoms. The number of benzene rings is 2. The van der Waals surface area contributed by atoms with Crippen LogP contribution in [-0.2, 0) is 9.59 Å². The Morgan fingerprint density at radius 1 is 1.25 bits per heavy atom. The van der Waals surface area contributed by atoms with E-state index in [2.05, 4.69) is 21.2 Å². The van der Waals surface area contributed by atoms with Crippen LogP contribution in [0.2, 0.25) is 0 Å². The van der Waals surface area contributed by atoms with Crippen LogP contribution in [0.15, 0.2) is 52.5 Å². The fourth-order valence-electron chi connectivity index (χ4n) is 2.60. The number of carbonyl (C=O) groups excluding carboxylic acids is 2. The number of hydrogen-bond donors (Lipinski definition) is 1. The molecule has 1 aliphatic heterocycles. The normalized spacial score (nSPS) is 15.6. The van der Waals surface area contributed by atoms with E-state index < -0.39 is 16.7 Å². The van der Waals surface area contributed by atoms with E-state index in [9.17, 15) is 19.7 Å². The number of carbonyl (C=O) groups is 2. The van der Waals surface area contributed by atoms with Gasteiger partial charge in [-0.3, -0.25) is 29.9 Å². The van der Waals surface area contributed by atoms with Gasteiger partial charge in [0.25, 0.3) is 17.5 Å². The predicted molar refractivity (Wildman–Crippen MR) is 110 cm³/mol.